The highest BCUT2D eigenvalue weighted by molar-refractivity contribution is 7.89. The predicted octanol–water partition coefficient (Wildman–Crippen LogP) is 2.46. The molecule has 27 heavy (non-hydrogen) atoms. The van der Waals surface area contributed by atoms with E-state index in [1.54, 1.807) is 36.4 Å². The van der Waals surface area contributed by atoms with Crippen LogP contribution in [-0.4, -0.2) is 20.9 Å². The van der Waals surface area contributed by atoms with E-state index in [9.17, 15) is 13.2 Å². The molecule has 0 spiro atoms. The molecule has 0 saturated heterocycles. The predicted molar refractivity (Wildman–Crippen MR) is 99.2 cm³/mol. The first kappa shape index (κ1) is 19.1. The van der Waals surface area contributed by atoms with Gasteiger partial charge in [-0.15, -0.1) is 0 Å². The average molecular weight is 384 g/mol. The number of nitriles is 1. The SMILES string of the molecule is N#Cc1ccc(COC(=O)CNS(=O)(=O)c2ccc3c(c2)CCCC3)cc1. The molecule has 0 aliphatic heterocycles. The Balaban J connectivity index is 1.55. The molecule has 1 aliphatic carbocycles. The van der Waals surface area contributed by atoms with Gasteiger partial charge in [-0.25, -0.2) is 8.42 Å². The molecule has 1 aliphatic rings. The monoisotopic (exact) mass is 384 g/mol. The van der Waals surface area contributed by atoms with Gasteiger partial charge in [-0.3, -0.25) is 4.79 Å². The molecule has 3 rings (SSSR count). The van der Waals surface area contributed by atoms with Crippen molar-refractivity contribution in [1.82, 2.24) is 4.72 Å². The van der Waals surface area contributed by atoms with Crippen LogP contribution in [0.3, 0.4) is 0 Å². The van der Waals surface area contributed by atoms with E-state index in [4.69, 9.17) is 10.00 Å². The zero-order valence-corrected chi connectivity index (χ0v) is 15.6. The van der Waals surface area contributed by atoms with Crippen LogP contribution in [0, 0.1) is 11.3 Å². The molecule has 0 unspecified atom stereocenters. The first-order chi connectivity index (χ1) is 13.0. The van der Waals surface area contributed by atoms with E-state index in [2.05, 4.69) is 4.72 Å². The zero-order valence-electron chi connectivity index (χ0n) is 14.8. The van der Waals surface area contributed by atoms with Crippen molar-refractivity contribution in [2.45, 2.75) is 37.2 Å². The van der Waals surface area contributed by atoms with Gasteiger partial charge in [-0.2, -0.15) is 9.98 Å². The zero-order chi connectivity index (χ0) is 19.3. The molecule has 0 heterocycles. The lowest BCUT2D eigenvalue weighted by Crippen LogP contribution is -2.30. The minimum atomic E-state index is -3.77. The van der Waals surface area contributed by atoms with Crippen molar-refractivity contribution in [1.29, 1.82) is 5.26 Å². The van der Waals surface area contributed by atoms with Gasteiger partial charge in [0.1, 0.15) is 13.2 Å². The number of carbonyl (C=O) groups is 1. The Labute approximate surface area is 158 Å². The highest BCUT2D eigenvalue weighted by Gasteiger charge is 2.19. The molecule has 2 aromatic carbocycles. The van der Waals surface area contributed by atoms with E-state index >= 15 is 0 Å². The molecule has 0 bridgehead atoms. The number of aryl methyl sites for hydroxylation is 2. The van der Waals surface area contributed by atoms with Crippen molar-refractivity contribution < 1.29 is 17.9 Å². The van der Waals surface area contributed by atoms with Crippen LogP contribution in [0.4, 0.5) is 0 Å². The Morgan fingerprint density at radius 2 is 1.78 bits per heavy atom. The van der Waals surface area contributed by atoms with Crippen LogP contribution in [0.1, 0.15) is 35.1 Å². The second-order valence-electron chi connectivity index (χ2n) is 6.43. The Hall–Kier alpha value is -2.69. The number of ether oxygens (including phenoxy) is 1. The first-order valence-corrected chi connectivity index (χ1v) is 10.2. The van der Waals surface area contributed by atoms with Crippen LogP contribution < -0.4 is 4.72 Å². The number of carbonyl (C=O) groups excluding carboxylic acids is 1. The second-order valence-corrected chi connectivity index (χ2v) is 8.20. The molecule has 0 radical (unpaired) electrons. The van der Waals surface area contributed by atoms with Gasteiger partial charge in [0.05, 0.1) is 16.5 Å². The number of benzene rings is 2. The van der Waals surface area contributed by atoms with Crippen molar-refractivity contribution >= 4 is 16.0 Å². The molecule has 0 amide bonds. The van der Waals surface area contributed by atoms with Gasteiger partial charge >= 0.3 is 5.97 Å². The van der Waals surface area contributed by atoms with E-state index in [1.165, 1.54) is 5.56 Å². The molecule has 0 saturated carbocycles. The Morgan fingerprint density at radius 1 is 1.07 bits per heavy atom. The van der Waals surface area contributed by atoms with Crippen LogP contribution in [0.15, 0.2) is 47.4 Å². The maximum Gasteiger partial charge on any atom is 0.321 e. The fourth-order valence-corrected chi connectivity index (χ4v) is 4.02. The lowest BCUT2D eigenvalue weighted by atomic mass is 9.92. The largest absolute Gasteiger partial charge is 0.460 e. The van der Waals surface area contributed by atoms with E-state index < -0.39 is 22.5 Å². The number of nitrogens with zero attached hydrogens (tertiary/aromatic N) is 1. The number of esters is 1. The third kappa shape index (κ3) is 4.94. The van der Waals surface area contributed by atoms with Gasteiger partial charge in [0.25, 0.3) is 0 Å². The van der Waals surface area contributed by atoms with Crippen LogP contribution >= 0.6 is 0 Å². The number of hydrogen-bond donors (Lipinski definition) is 1. The fraction of sp³-hybridized carbons (Fsp3) is 0.300. The topological polar surface area (TPSA) is 96.3 Å². The van der Waals surface area contributed by atoms with E-state index in [-0.39, 0.29) is 11.5 Å². The van der Waals surface area contributed by atoms with Gasteiger partial charge in [0, 0.05) is 0 Å². The molecule has 0 atom stereocenters. The van der Waals surface area contributed by atoms with Crippen LogP contribution in [-0.2, 0) is 39.0 Å². The van der Waals surface area contributed by atoms with Crippen molar-refractivity contribution in [3.63, 3.8) is 0 Å². The minimum absolute atomic E-state index is 0.0190. The second kappa shape index (κ2) is 8.33. The maximum absolute atomic E-state index is 12.4. The number of hydrogen-bond acceptors (Lipinski definition) is 5. The molecule has 140 valence electrons. The van der Waals surface area contributed by atoms with E-state index in [1.807, 2.05) is 12.1 Å². The highest BCUT2D eigenvalue weighted by Crippen LogP contribution is 2.24. The molecular formula is C20H20N2O4S. The Morgan fingerprint density at radius 3 is 2.48 bits per heavy atom. The van der Waals surface area contributed by atoms with Crippen molar-refractivity contribution in [3.8, 4) is 6.07 Å². The van der Waals surface area contributed by atoms with Crippen molar-refractivity contribution in [3.05, 3.63) is 64.7 Å². The normalized spacial score (nSPS) is 13.4. The quantitative estimate of drug-likeness (QED) is 0.772. The number of nitrogens with one attached hydrogen (secondary N) is 1. The van der Waals surface area contributed by atoms with Crippen molar-refractivity contribution in [2.24, 2.45) is 0 Å². The number of fused-ring (bicyclic) bond motifs is 1. The summed E-state index contributed by atoms with van der Waals surface area (Å²) in [5.74, 6) is -0.666. The first-order valence-electron chi connectivity index (χ1n) is 8.74. The van der Waals surface area contributed by atoms with Gasteiger partial charge in [0.15, 0.2) is 0 Å². The summed E-state index contributed by atoms with van der Waals surface area (Å²) in [7, 11) is -3.77. The van der Waals surface area contributed by atoms with Gasteiger partial charge in [0.2, 0.25) is 10.0 Å². The summed E-state index contributed by atoms with van der Waals surface area (Å²) >= 11 is 0. The summed E-state index contributed by atoms with van der Waals surface area (Å²) < 4.78 is 32.2. The molecule has 1 N–H and O–H groups in total. The standard InChI is InChI=1S/C20H20N2O4S/c21-12-15-5-7-16(8-6-15)14-26-20(23)13-22-27(24,25)19-10-9-17-3-1-2-4-18(17)11-19/h5-11,22H,1-4,13-14H2. The molecule has 0 fully saturated rings. The lowest BCUT2D eigenvalue weighted by molar-refractivity contribution is -0.143. The smallest absolute Gasteiger partial charge is 0.321 e. The Bertz CT molecular complexity index is 976. The molecule has 6 nitrogen and oxygen atoms in total. The highest BCUT2D eigenvalue weighted by atomic mass is 32.2. The van der Waals surface area contributed by atoms with Crippen LogP contribution in [0.5, 0.6) is 0 Å². The fourth-order valence-electron chi connectivity index (χ4n) is 3.00. The van der Waals surface area contributed by atoms with E-state index in [0.717, 1.165) is 36.8 Å². The third-order valence-electron chi connectivity index (χ3n) is 4.52. The van der Waals surface area contributed by atoms with Crippen LogP contribution in [0.25, 0.3) is 0 Å². The van der Waals surface area contributed by atoms with Gasteiger partial charge in [-0.05, 0) is 66.6 Å². The maximum atomic E-state index is 12.4. The van der Waals surface area contributed by atoms with Crippen molar-refractivity contribution in [2.75, 3.05) is 6.54 Å². The summed E-state index contributed by atoms with van der Waals surface area (Å²) in [4.78, 5) is 12.0. The third-order valence-corrected chi connectivity index (χ3v) is 5.92. The molecule has 7 heteroatoms. The lowest BCUT2D eigenvalue weighted by Gasteiger charge is -2.16. The molecular weight excluding hydrogens is 364 g/mol. The summed E-state index contributed by atoms with van der Waals surface area (Å²) in [6, 6.07) is 13.8. The van der Waals surface area contributed by atoms with Gasteiger partial charge in [-0.1, -0.05) is 18.2 Å². The van der Waals surface area contributed by atoms with Crippen LogP contribution in [0.2, 0.25) is 0 Å². The summed E-state index contributed by atoms with van der Waals surface area (Å²) in [5.41, 5.74) is 3.50. The number of sulfonamides is 1. The minimum Gasteiger partial charge on any atom is -0.460 e. The summed E-state index contributed by atoms with van der Waals surface area (Å²) in [5, 5.41) is 8.75. The average Bonchev–Trinajstić information content (AvgIpc) is 2.70. The number of rotatable bonds is 6. The van der Waals surface area contributed by atoms with Gasteiger partial charge < -0.3 is 4.74 Å². The molecule has 0 aromatic heterocycles. The van der Waals surface area contributed by atoms with E-state index in [0.29, 0.717) is 5.56 Å². The summed E-state index contributed by atoms with van der Waals surface area (Å²) in [6.07, 6.45) is 4.05. The molecule has 2 aromatic rings. The Kier molecular flexibility index (Phi) is 5.89. The summed E-state index contributed by atoms with van der Waals surface area (Å²) in [6.45, 7) is -0.416.